The van der Waals surface area contributed by atoms with Crippen LogP contribution in [0, 0.1) is 5.82 Å². The summed E-state index contributed by atoms with van der Waals surface area (Å²) in [4.78, 5) is 13.0. The van der Waals surface area contributed by atoms with E-state index in [2.05, 4.69) is 20.3 Å². The second-order valence-corrected chi connectivity index (χ2v) is 5.06. The Morgan fingerprint density at radius 3 is 2.88 bits per heavy atom. The molecule has 0 atom stereocenters. The second kappa shape index (κ2) is 7.76. The van der Waals surface area contributed by atoms with E-state index < -0.39 is 0 Å². The van der Waals surface area contributed by atoms with Crippen molar-refractivity contribution in [3.05, 3.63) is 48.5 Å². The molecule has 7 heteroatoms. The summed E-state index contributed by atoms with van der Waals surface area (Å²) in [5.41, 5.74) is 1.27. The molecule has 0 aliphatic carbocycles. The number of benzene rings is 1. The molecule has 124 valence electrons. The molecule has 3 aromatic rings. The first-order chi connectivity index (χ1) is 11.8. The summed E-state index contributed by atoms with van der Waals surface area (Å²) >= 11 is 0. The van der Waals surface area contributed by atoms with Gasteiger partial charge in [-0.25, -0.2) is 14.4 Å². The Morgan fingerprint density at radius 1 is 1.17 bits per heavy atom. The molecule has 1 aromatic carbocycles. The third kappa shape index (κ3) is 3.81. The predicted molar refractivity (Wildman–Crippen MR) is 89.1 cm³/mol. The highest BCUT2D eigenvalue weighted by Gasteiger charge is 2.10. The lowest BCUT2D eigenvalue weighted by atomic mass is 10.2. The van der Waals surface area contributed by atoms with Gasteiger partial charge in [-0.05, 0) is 24.3 Å². The number of nitrogens with one attached hydrogen (secondary N) is 1. The fourth-order valence-electron chi connectivity index (χ4n) is 2.27. The molecule has 0 fully saturated rings. The molecular weight excluding hydrogens is 311 g/mol. The van der Waals surface area contributed by atoms with Crippen molar-refractivity contribution in [2.75, 3.05) is 31.7 Å². The molecule has 0 aliphatic rings. The minimum atomic E-state index is -0.351. The zero-order valence-corrected chi connectivity index (χ0v) is 12.9. The summed E-state index contributed by atoms with van der Waals surface area (Å²) in [6, 6.07) is 8.05. The smallest absolute Gasteiger partial charge is 0.163 e. The molecule has 2 N–H and O–H groups in total. The van der Waals surface area contributed by atoms with Crippen LogP contribution in [0.25, 0.3) is 22.3 Å². The standard InChI is InChI=1S/C17H17FN4O2/c18-13-3-4-14-15(10-13)21-16(12-2-1-5-19-11-12)22-17(14)20-6-8-24-9-7-23/h1-5,10-11,23H,6-9H2,(H,20,21,22). The second-order valence-electron chi connectivity index (χ2n) is 5.06. The van der Waals surface area contributed by atoms with Gasteiger partial charge in [-0.2, -0.15) is 0 Å². The quantitative estimate of drug-likeness (QED) is 0.648. The Balaban J connectivity index is 1.93. The first-order valence-electron chi connectivity index (χ1n) is 7.58. The topological polar surface area (TPSA) is 80.2 Å². The third-order valence-corrected chi connectivity index (χ3v) is 3.35. The number of nitrogens with zero attached hydrogens (tertiary/aromatic N) is 3. The van der Waals surface area contributed by atoms with E-state index in [1.54, 1.807) is 24.5 Å². The van der Waals surface area contributed by atoms with Gasteiger partial charge in [-0.3, -0.25) is 4.98 Å². The van der Waals surface area contributed by atoms with E-state index >= 15 is 0 Å². The number of halogens is 1. The van der Waals surface area contributed by atoms with E-state index in [-0.39, 0.29) is 12.4 Å². The van der Waals surface area contributed by atoms with Gasteiger partial charge in [-0.1, -0.05) is 0 Å². The van der Waals surface area contributed by atoms with Crippen LogP contribution in [0.3, 0.4) is 0 Å². The Morgan fingerprint density at radius 2 is 2.08 bits per heavy atom. The average Bonchev–Trinajstić information content (AvgIpc) is 2.61. The van der Waals surface area contributed by atoms with Gasteiger partial charge >= 0.3 is 0 Å². The summed E-state index contributed by atoms with van der Waals surface area (Å²) in [5.74, 6) is 0.724. The Labute approximate surface area is 138 Å². The van der Waals surface area contributed by atoms with Crippen molar-refractivity contribution < 1.29 is 14.2 Å². The summed E-state index contributed by atoms with van der Waals surface area (Å²) < 4.78 is 18.8. The van der Waals surface area contributed by atoms with Crippen molar-refractivity contribution in [3.63, 3.8) is 0 Å². The molecule has 0 unspecified atom stereocenters. The van der Waals surface area contributed by atoms with Crippen LogP contribution in [0.4, 0.5) is 10.2 Å². The van der Waals surface area contributed by atoms with Crippen molar-refractivity contribution in [3.8, 4) is 11.4 Å². The number of hydrogen-bond acceptors (Lipinski definition) is 6. The highest BCUT2D eigenvalue weighted by molar-refractivity contribution is 5.90. The van der Waals surface area contributed by atoms with Crippen molar-refractivity contribution in [1.82, 2.24) is 15.0 Å². The lowest BCUT2D eigenvalue weighted by molar-refractivity contribution is 0.0992. The number of fused-ring (bicyclic) bond motifs is 1. The zero-order valence-electron chi connectivity index (χ0n) is 12.9. The number of aromatic nitrogens is 3. The Hall–Kier alpha value is -2.64. The summed E-state index contributed by atoms with van der Waals surface area (Å²) in [5, 5.41) is 12.6. The molecule has 2 aromatic heterocycles. The minimum absolute atomic E-state index is 0.0130. The van der Waals surface area contributed by atoms with E-state index in [0.717, 1.165) is 10.9 Å². The van der Waals surface area contributed by atoms with Crippen molar-refractivity contribution in [2.45, 2.75) is 0 Å². The fraction of sp³-hybridized carbons (Fsp3) is 0.235. The molecule has 0 aliphatic heterocycles. The number of anilines is 1. The third-order valence-electron chi connectivity index (χ3n) is 3.35. The molecule has 0 bridgehead atoms. The van der Waals surface area contributed by atoms with Crippen LogP contribution in [-0.2, 0) is 4.74 Å². The number of hydrogen-bond donors (Lipinski definition) is 2. The number of rotatable bonds is 7. The lowest BCUT2D eigenvalue weighted by Gasteiger charge is -2.11. The van der Waals surface area contributed by atoms with Crippen LogP contribution in [0.1, 0.15) is 0 Å². The summed E-state index contributed by atoms with van der Waals surface area (Å²) in [6.45, 7) is 1.21. The van der Waals surface area contributed by atoms with Gasteiger partial charge in [0.2, 0.25) is 0 Å². The molecule has 24 heavy (non-hydrogen) atoms. The van der Waals surface area contributed by atoms with Crippen LogP contribution < -0.4 is 5.32 Å². The van der Waals surface area contributed by atoms with Crippen LogP contribution in [0.5, 0.6) is 0 Å². The van der Waals surface area contributed by atoms with E-state index in [0.29, 0.717) is 36.9 Å². The molecule has 0 spiro atoms. The van der Waals surface area contributed by atoms with Gasteiger partial charge in [0.15, 0.2) is 5.82 Å². The van der Waals surface area contributed by atoms with Gasteiger partial charge in [0.1, 0.15) is 11.6 Å². The highest BCUT2D eigenvalue weighted by Crippen LogP contribution is 2.25. The van der Waals surface area contributed by atoms with E-state index in [1.807, 2.05) is 6.07 Å². The molecule has 0 amide bonds. The summed E-state index contributed by atoms with van der Waals surface area (Å²) in [6.07, 6.45) is 3.33. The summed E-state index contributed by atoms with van der Waals surface area (Å²) in [7, 11) is 0. The molecule has 0 saturated heterocycles. The molecular formula is C17H17FN4O2. The van der Waals surface area contributed by atoms with Gasteiger partial charge in [0.25, 0.3) is 0 Å². The fourth-order valence-corrected chi connectivity index (χ4v) is 2.27. The average molecular weight is 328 g/mol. The number of ether oxygens (including phenoxy) is 1. The first kappa shape index (κ1) is 16.2. The highest BCUT2D eigenvalue weighted by atomic mass is 19.1. The SMILES string of the molecule is OCCOCCNc1nc(-c2cccnc2)nc2cc(F)ccc12. The largest absolute Gasteiger partial charge is 0.394 e. The first-order valence-corrected chi connectivity index (χ1v) is 7.58. The molecule has 0 saturated carbocycles. The maximum absolute atomic E-state index is 13.6. The maximum Gasteiger partial charge on any atom is 0.163 e. The minimum Gasteiger partial charge on any atom is -0.394 e. The van der Waals surface area contributed by atoms with Crippen molar-refractivity contribution >= 4 is 16.7 Å². The number of pyridine rings is 1. The van der Waals surface area contributed by atoms with Gasteiger partial charge in [0.05, 0.1) is 25.3 Å². The van der Waals surface area contributed by atoms with Gasteiger partial charge in [-0.15, -0.1) is 0 Å². The lowest BCUT2D eigenvalue weighted by Crippen LogP contribution is -2.13. The predicted octanol–water partition coefficient (Wildman–Crippen LogP) is 2.25. The van der Waals surface area contributed by atoms with Crippen LogP contribution >= 0.6 is 0 Å². The zero-order chi connectivity index (χ0) is 16.8. The van der Waals surface area contributed by atoms with E-state index in [1.165, 1.54) is 12.1 Å². The number of aliphatic hydroxyl groups is 1. The van der Waals surface area contributed by atoms with Crippen LogP contribution in [-0.4, -0.2) is 46.4 Å². The van der Waals surface area contributed by atoms with Crippen molar-refractivity contribution in [1.29, 1.82) is 0 Å². The van der Waals surface area contributed by atoms with Gasteiger partial charge in [0, 0.05) is 36.0 Å². The van der Waals surface area contributed by atoms with Crippen LogP contribution in [0.2, 0.25) is 0 Å². The normalized spacial score (nSPS) is 10.9. The van der Waals surface area contributed by atoms with E-state index in [4.69, 9.17) is 9.84 Å². The van der Waals surface area contributed by atoms with Crippen LogP contribution in [0.15, 0.2) is 42.7 Å². The Bertz CT molecular complexity index is 814. The van der Waals surface area contributed by atoms with E-state index in [9.17, 15) is 4.39 Å². The maximum atomic E-state index is 13.6. The van der Waals surface area contributed by atoms with Crippen molar-refractivity contribution in [2.24, 2.45) is 0 Å². The Kier molecular flexibility index (Phi) is 5.25. The van der Waals surface area contributed by atoms with Gasteiger partial charge < -0.3 is 15.2 Å². The molecule has 6 nitrogen and oxygen atoms in total. The number of aliphatic hydroxyl groups excluding tert-OH is 1. The molecule has 0 radical (unpaired) electrons. The molecule has 2 heterocycles. The molecule has 3 rings (SSSR count). The monoisotopic (exact) mass is 328 g/mol.